The van der Waals surface area contributed by atoms with E-state index in [1.165, 1.54) is 23.5 Å². The minimum atomic E-state index is -0.727. The van der Waals surface area contributed by atoms with E-state index in [-0.39, 0.29) is 30.8 Å². The molecule has 204 valence electrons. The number of hydrogen-bond acceptors (Lipinski definition) is 5. The lowest BCUT2D eigenvalue weighted by Crippen LogP contribution is -2.55. The summed E-state index contributed by atoms with van der Waals surface area (Å²) in [6.45, 7) is 20.1. The Morgan fingerprint density at radius 3 is 1.94 bits per heavy atom. The zero-order chi connectivity index (χ0) is 27.3. The lowest BCUT2D eigenvalue weighted by molar-refractivity contribution is -0.383. The van der Waals surface area contributed by atoms with Crippen LogP contribution in [-0.4, -0.2) is 28.9 Å². The highest BCUT2D eigenvalue weighted by atomic mass is 16.6. The van der Waals surface area contributed by atoms with Gasteiger partial charge in [0.1, 0.15) is 0 Å². The molecular weight excluding hydrogens is 456 g/mol. The summed E-state index contributed by atoms with van der Waals surface area (Å²) in [7, 11) is 0. The molecule has 2 atom stereocenters. The Hall–Kier alpha value is -2.80. The van der Waals surface area contributed by atoms with E-state index in [4.69, 9.17) is 4.74 Å². The second-order valence-corrected chi connectivity index (χ2v) is 8.35. The van der Waals surface area contributed by atoms with Crippen molar-refractivity contribution >= 4 is 34.0 Å². The first-order valence-corrected chi connectivity index (χ1v) is 12.8. The van der Waals surface area contributed by atoms with Crippen LogP contribution in [-0.2, 0) is 14.3 Å². The van der Waals surface area contributed by atoms with Crippen LogP contribution < -0.4 is 4.90 Å². The highest BCUT2D eigenvalue weighted by Crippen LogP contribution is 2.40. The Bertz CT molecular complexity index is 971. The lowest BCUT2D eigenvalue weighted by Gasteiger charge is -2.41. The molecule has 0 bridgehead atoms. The average Bonchev–Trinajstić information content (AvgIpc) is 2.84. The first-order valence-electron chi connectivity index (χ1n) is 12.8. The molecule has 3 rings (SSSR count). The summed E-state index contributed by atoms with van der Waals surface area (Å²) >= 11 is 0. The van der Waals surface area contributed by atoms with Gasteiger partial charge in [-0.2, -0.15) is 0 Å². The van der Waals surface area contributed by atoms with Crippen LogP contribution in [0.3, 0.4) is 0 Å². The van der Waals surface area contributed by atoms with Crippen molar-refractivity contribution < 1.29 is 19.2 Å². The number of carbonyl (C=O) groups is 2. The third kappa shape index (κ3) is 8.12. The quantitative estimate of drug-likeness (QED) is 0.233. The van der Waals surface area contributed by atoms with Crippen LogP contribution in [0.25, 0.3) is 10.8 Å². The second kappa shape index (κ2) is 16.8. The Labute approximate surface area is 218 Å². The van der Waals surface area contributed by atoms with Crippen molar-refractivity contribution in [1.82, 2.24) is 0 Å². The fraction of sp³-hybridized carbons (Fsp3) is 0.586. The third-order valence-electron chi connectivity index (χ3n) is 5.42. The van der Waals surface area contributed by atoms with Crippen molar-refractivity contribution in [3.05, 3.63) is 46.5 Å². The Morgan fingerprint density at radius 1 is 0.972 bits per heavy atom. The van der Waals surface area contributed by atoms with Gasteiger partial charge in [0.25, 0.3) is 5.69 Å². The SMILES string of the molecule is C.CC.CC.CCC.CCOC(C)(C)C1CC(C)C(=O)N(c2ccc([N+](=O)[O-])c3ccccc23)C1=O. The predicted molar refractivity (Wildman–Crippen MR) is 151 cm³/mol. The van der Waals surface area contributed by atoms with Crippen molar-refractivity contribution in [1.29, 1.82) is 0 Å². The van der Waals surface area contributed by atoms with Gasteiger partial charge in [0, 0.05) is 24.0 Å². The van der Waals surface area contributed by atoms with Crippen LogP contribution in [0.5, 0.6) is 0 Å². The van der Waals surface area contributed by atoms with Gasteiger partial charge in [-0.1, -0.05) is 80.5 Å². The van der Waals surface area contributed by atoms with Crippen molar-refractivity contribution in [2.45, 2.75) is 95.1 Å². The van der Waals surface area contributed by atoms with E-state index in [0.717, 1.165) is 0 Å². The largest absolute Gasteiger partial charge is 0.375 e. The minimum Gasteiger partial charge on any atom is -0.375 e. The van der Waals surface area contributed by atoms with Gasteiger partial charge < -0.3 is 4.74 Å². The number of amides is 2. The van der Waals surface area contributed by atoms with E-state index in [0.29, 0.717) is 29.5 Å². The van der Waals surface area contributed by atoms with Crippen LogP contribution in [0.2, 0.25) is 0 Å². The second-order valence-electron chi connectivity index (χ2n) is 8.35. The molecule has 1 aliphatic heterocycles. The predicted octanol–water partition coefficient (Wildman–Crippen LogP) is 8.18. The third-order valence-corrected chi connectivity index (χ3v) is 5.42. The monoisotopic (exact) mass is 504 g/mol. The van der Waals surface area contributed by atoms with E-state index >= 15 is 0 Å². The standard InChI is InChI=1S/C21H24N2O5.C3H8.2C2H6.CH4/c1-5-28-21(3,4)16-12-13(2)19(24)22(20(16)25)17-10-11-18(23(26)27)15-9-7-6-8-14(15)17;1-3-2;2*1-2;/h6-11,13,16H,5,12H2,1-4H3;3H2,1-2H3;2*1-2H3;1H4. The number of nitro groups is 1. The van der Waals surface area contributed by atoms with Crippen molar-refractivity contribution in [3.63, 3.8) is 0 Å². The van der Waals surface area contributed by atoms with Gasteiger partial charge >= 0.3 is 0 Å². The van der Waals surface area contributed by atoms with Gasteiger partial charge in [-0.15, -0.1) is 0 Å². The van der Waals surface area contributed by atoms with Crippen molar-refractivity contribution in [3.8, 4) is 0 Å². The summed E-state index contributed by atoms with van der Waals surface area (Å²) in [5.41, 5.74) is -0.411. The number of anilines is 1. The molecule has 7 nitrogen and oxygen atoms in total. The molecule has 0 radical (unpaired) electrons. The van der Waals surface area contributed by atoms with Crippen molar-refractivity contribution in [2.24, 2.45) is 11.8 Å². The maximum atomic E-state index is 13.4. The highest BCUT2D eigenvalue weighted by Gasteiger charge is 2.47. The number of non-ortho nitro benzene ring substituents is 1. The van der Waals surface area contributed by atoms with Gasteiger partial charge in [0.05, 0.1) is 27.5 Å². The Balaban J connectivity index is 0. The van der Waals surface area contributed by atoms with Crippen molar-refractivity contribution in [2.75, 3.05) is 11.5 Å². The zero-order valence-corrected chi connectivity index (χ0v) is 23.2. The summed E-state index contributed by atoms with van der Waals surface area (Å²) in [4.78, 5) is 38.4. The molecule has 0 saturated carbocycles. The molecule has 2 aromatic rings. The number of rotatable bonds is 5. The molecule has 1 heterocycles. The van der Waals surface area contributed by atoms with E-state index < -0.39 is 16.4 Å². The number of benzene rings is 2. The lowest BCUT2D eigenvalue weighted by atomic mass is 9.78. The smallest absolute Gasteiger partial charge is 0.277 e. The molecule has 7 heteroatoms. The molecular formula is C29H48N2O5. The molecule has 36 heavy (non-hydrogen) atoms. The number of piperidine rings is 1. The fourth-order valence-electron chi connectivity index (χ4n) is 3.95. The number of hydrogen-bond donors (Lipinski definition) is 0. The summed E-state index contributed by atoms with van der Waals surface area (Å²) in [5.74, 6) is -1.49. The van der Waals surface area contributed by atoms with Crippen LogP contribution in [0.1, 0.15) is 89.5 Å². The normalized spacial score (nSPS) is 16.9. The van der Waals surface area contributed by atoms with Crippen LogP contribution in [0.4, 0.5) is 11.4 Å². The molecule has 1 saturated heterocycles. The maximum Gasteiger partial charge on any atom is 0.277 e. The van der Waals surface area contributed by atoms with E-state index in [1.807, 2.05) is 48.5 Å². The zero-order valence-electron chi connectivity index (χ0n) is 23.2. The summed E-state index contributed by atoms with van der Waals surface area (Å²) in [6.07, 6.45) is 1.66. The number of nitro benzene ring substituents is 1. The maximum absolute atomic E-state index is 13.4. The number of fused-ring (bicyclic) bond motifs is 1. The number of nitrogens with zero attached hydrogens (tertiary/aromatic N) is 2. The van der Waals surface area contributed by atoms with E-state index in [2.05, 4.69) is 13.8 Å². The molecule has 0 spiro atoms. The fourth-order valence-corrected chi connectivity index (χ4v) is 3.95. The van der Waals surface area contributed by atoms with E-state index in [9.17, 15) is 19.7 Å². The highest BCUT2D eigenvalue weighted by molar-refractivity contribution is 6.22. The van der Waals surface area contributed by atoms with Gasteiger partial charge in [0.2, 0.25) is 11.8 Å². The number of imide groups is 1. The first kappa shape index (κ1) is 35.4. The topological polar surface area (TPSA) is 89.8 Å². The van der Waals surface area contributed by atoms with Gasteiger partial charge in [-0.25, -0.2) is 4.90 Å². The molecule has 0 aliphatic carbocycles. The summed E-state index contributed by atoms with van der Waals surface area (Å²) in [6, 6.07) is 9.59. The van der Waals surface area contributed by atoms with Crippen LogP contribution >= 0.6 is 0 Å². The van der Waals surface area contributed by atoms with E-state index in [1.54, 1.807) is 31.2 Å². The molecule has 1 fully saturated rings. The molecule has 2 amide bonds. The van der Waals surface area contributed by atoms with Gasteiger partial charge in [-0.05, 0) is 39.3 Å². The average molecular weight is 505 g/mol. The number of carbonyl (C=O) groups excluding carboxylic acids is 2. The minimum absolute atomic E-state index is 0. The summed E-state index contributed by atoms with van der Waals surface area (Å²) < 4.78 is 5.80. The Kier molecular flexibility index (Phi) is 16.5. The van der Waals surface area contributed by atoms with Gasteiger partial charge in [-0.3, -0.25) is 19.7 Å². The molecule has 0 N–H and O–H groups in total. The Morgan fingerprint density at radius 2 is 1.47 bits per heavy atom. The van der Waals surface area contributed by atoms with Gasteiger partial charge in [0.15, 0.2) is 0 Å². The van der Waals surface area contributed by atoms with Crippen LogP contribution in [0.15, 0.2) is 36.4 Å². The molecule has 1 aliphatic rings. The molecule has 2 aromatic carbocycles. The summed E-state index contributed by atoms with van der Waals surface area (Å²) in [5, 5.41) is 12.3. The first-order chi connectivity index (χ1) is 16.6. The van der Waals surface area contributed by atoms with Crippen LogP contribution in [0, 0.1) is 22.0 Å². The molecule has 2 unspecified atom stereocenters. The number of ether oxygens (including phenoxy) is 1. The molecule has 0 aromatic heterocycles.